The minimum atomic E-state index is -1.15. The molecule has 1 aliphatic carbocycles. The Morgan fingerprint density at radius 2 is 1.89 bits per heavy atom. The lowest BCUT2D eigenvalue weighted by atomic mass is 9.96. The summed E-state index contributed by atoms with van der Waals surface area (Å²) < 4.78 is 4.76. The van der Waals surface area contributed by atoms with Crippen LogP contribution in [-0.4, -0.2) is 41.8 Å². The van der Waals surface area contributed by atoms with Crippen molar-refractivity contribution in [3.8, 4) is 0 Å². The molecule has 1 atom stereocenters. The summed E-state index contributed by atoms with van der Waals surface area (Å²) in [6.07, 6.45) is 4.12. The van der Waals surface area contributed by atoms with Gasteiger partial charge in [0.05, 0.1) is 0 Å². The Hall–Kier alpha value is -1.63. The number of amides is 3. The molecule has 0 spiro atoms. The highest BCUT2D eigenvalue weighted by Gasteiger charge is 2.18. The second kappa shape index (κ2) is 7.73. The van der Waals surface area contributed by atoms with Crippen LogP contribution < -0.4 is 10.6 Å². The van der Waals surface area contributed by atoms with Crippen molar-refractivity contribution in [3.63, 3.8) is 0 Å². The van der Waals surface area contributed by atoms with Crippen molar-refractivity contribution in [2.24, 2.45) is 0 Å². The topological polar surface area (TPSA) is 105 Å². The molecule has 0 aromatic heterocycles. The fraction of sp³-hybridized carbons (Fsp3) is 0.750. The Kier molecular flexibility index (Phi) is 6.27. The normalized spacial score (nSPS) is 17.5. The standard InChI is InChI=1S/C12H20N2O5/c1-8(11(16)17)19-7-10(15)14-12(18)13-9-5-3-2-4-6-9/h8-9H,2-7H2,1H3,(H,16,17)(H2,13,14,15,18)/t8-/m0/s1. The molecule has 1 saturated carbocycles. The maximum absolute atomic E-state index is 11.5. The van der Waals surface area contributed by atoms with E-state index in [0.717, 1.165) is 25.7 Å². The van der Waals surface area contributed by atoms with E-state index in [1.54, 1.807) is 0 Å². The van der Waals surface area contributed by atoms with Crippen LogP contribution in [-0.2, 0) is 14.3 Å². The molecule has 0 aromatic rings. The van der Waals surface area contributed by atoms with Gasteiger partial charge in [-0.2, -0.15) is 0 Å². The van der Waals surface area contributed by atoms with E-state index in [0.29, 0.717) is 0 Å². The minimum absolute atomic E-state index is 0.111. The van der Waals surface area contributed by atoms with Crippen LogP contribution in [0.1, 0.15) is 39.0 Å². The van der Waals surface area contributed by atoms with E-state index in [9.17, 15) is 14.4 Å². The Morgan fingerprint density at radius 1 is 1.26 bits per heavy atom. The van der Waals surface area contributed by atoms with Gasteiger partial charge in [0, 0.05) is 6.04 Å². The van der Waals surface area contributed by atoms with E-state index in [1.165, 1.54) is 13.3 Å². The number of imide groups is 1. The third-order valence-electron chi connectivity index (χ3n) is 3.01. The molecule has 0 aliphatic heterocycles. The van der Waals surface area contributed by atoms with Crippen molar-refractivity contribution in [1.29, 1.82) is 0 Å². The Bertz CT molecular complexity index is 339. The first-order chi connectivity index (χ1) is 8.99. The number of carbonyl (C=O) groups is 3. The molecule has 3 N–H and O–H groups in total. The summed E-state index contributed by atoms with van der Waals surface area (Å²) in [6.45, 7) is 0.864. The van der Waals surface area contributed by atoms with Crippen molar-refractivity contribution in [3.05, 3.63) is 0 Å². The minimum Gasteiger partial charge on any atom is -0.479 e. The summed E-state index contributed by atoms with van der Waals surface area (Å²) in [5.41, 5.74) is 0. The maximum atomic E-state index is 11.5. The zero-order chi connectivity index (χ0) is 14.3. The van der Waals surface area contributed by atoms with E-state index >= 15 is 0 Å². The lowest BCUT2D eigenvalue weighted by molar-refractivity contribution is -0.150. The number of carbonyl (C=O) groups excluding carboxylic acids is 2. The average molecular weight is 272 g/mol. The van der Waals surface area contributed by atoms with Crippen LogP contribution in [0.3, 0.4) is 0 Å². The summed E-state index contributed by atoms with van der Waals surface area (Å²) in [6, 6.07) is -0.441. The number of rotatable bonds is 5. The monoisotopic (exact) mass is 272 g/mol. The molecule has 1 rings (SSSR count). The van der Waals surface area contributed by atoms with Crippen LogP contribution >= 0.6 is 0 Å². The molecule has 3 amide bonds. The molecule has 0 radical (unpaired) electrons. The molecule has 19 heavy (non-hydrogen) atoms. The predicted molar refractivity (Wildman–Crippen MR) is 66.6 cm³/mol. The molecule has 1 fully saturated rings. The zero-order valence-electron chi connectivity index (χ0n) is 11.0. The highest BCUT2D eigenvalue weighted by atomic mass is 16.5. The van der Waals surface area contributed by atoms with Gasteiger partial charge in [-0.1, -0.05) is 19.3 Å². The number of aliphatic carboxylic acids is 1. The molecule has 1 aliphatic rings. The van der Waals surface area contributed by atoms with Crippen molar-refractivity contribution in [2.75, 3.05) is 6.61 Å². The quantitative estimate of drug-likeness (QED) is 0.681. The smallest absolute Gasteiger partial charge is 0.332 e. The molecule has 0 unspecified atom stereocenters. The third-order valence-corrected chi connectivity index (χ3v) is 3.01. The molecule has 7 nitrogen and oxygen atoms in total. The average Bonchev–Trinajstić information content (AvgIpc) is 2.36. The SMILES string of the molecule is C[C@H](OCC(=O)NC(=O)NC1CCCCC1)C(=O)O. The molecule has 7 heteroatoms. The van der Waals surface area contributed by atoms with Crippen molar-refractivity contribution in [2.45, 2.75) is 51.2 Å². The number of ether oxygens (including phenoxy) is 1. The lowest BCUT2D eigenvalue weighted by Gasteiger charge is -2.22. The van der Waals surface area contributed by atoms with Gasteiger partial charge in [0.25, 0.3) is 5.91 Å². The molecule has 0 aromatic carbocycles. The van der Waals surface area contributed by atoms with E-state index in [2.05, 4.69) is 10.6 Å². The van der Waals surface area contributed by atoms with Gasteiger partial charge in [-0.15, -0.1) is 0 Å². The van der Waals surface area contributed by atoms with E-state index in [4.69, 9.17) is 9.84 Å². The predicted octanol–water partition coefficient (Wildman–Crippen LogP) is 0.635. The van der Waals surface area contributed by atoms with Gasteiger partial charge in [-0.05, 0) is 19.8 Å². The second-order valence-electron chi connectivity index (χ2n) is 4.65. The largest absolute Gasteiger partial charge is 0.479 e. The van der Waals surface area contributed by atoms with Gasteiger partial charge in [-0.25, -0.2) is 9.59 Å². The van der Waals surface area contributed by atoms with Crippen LogP contribution in [0.25, 0.3) is 0 Å². The fourth-order valence-electron chi connectivity index (χ4n) is 1.90. The van der Waals surface area contributed by atoms with Crippen LogP contribution in [0.15, 0.2) is 0 Å². The van der Waals surface area contributed by atoms with Crippen molar-refractivity contribution < 1.29 is 24.2 Å². The summed E-state index contributed by atoms with van der Waals surface area (Å²) >= 11 is 0. The number of hydrogen-bond acceptors (Lipinski definition) is 4. The van der Waals surface area contributed by atoms with Gasteiger partial charge in [0.1, 0.15) is 6.61 Å². The van der Waals surface area contributed by atoms with Gasteiger partial charge in [0.15, 0.2) is 6.10 Å². The summed E-state index contributed by atoms with van der Waals surface area (Å²) in [4.78, 5) is 33.3. The van der Waals surface area contributed by atoms with E-state index in [1.807, 2.05) is 0 Å². The number of nitrogens with one attached hydrogen (secondary N) is 2. The van der Waals surface area contributed by atoms with E-state index in [-0.39, 0.29) is 6.04 Å². The number of carboxylic acids is 1. The van der Waals surface area contributed by atoms with Crippen LogP contribution in [0.2, 0.25) is 0 Å². The fourth-order valence-corrected chi connectivity index (χ4v) is 1.90. The van der Waals surface area contributed by atoms with Crippen molar-refractivity contribution >= 4 is 17.9 Å². The lowest BCUT2D eigenvalue weighted by Crippen LogP contribution is -2.46. The summed E-state index contributed by atoms with van der Waals surface area (Å²) in [7, 11) is 0. The summed E-state index contributed by atoms with van der Waals surface area (Å²) in [5, 5.41) is 13.4. The molecular weight excluding hydrogens is 252 g/mol. The van der Waals surface area contributed by atoms with Crippen molar-refractivity contribution in [1.82, 2.24) is 10.6 Å². The third kappa shape index (κ3) is 6.19. The first-order valence-electron chi connectivity index (χ1n) is 6.44. The zero-order valence-corrected chi connectivity index (χ0v) is 11.0. The molecule has 108 valence electrons. The maximum Gasteiger partial charge on any atom is 0.332 e. The van der Waals surface area contributed by atoms with Gasteiger partial charge >= 0.3 is 12.0 Å². The van der Waals surface area contributed by atoms with Crippen LogP contribution in [0, 0.1) is 0 Å². The number of urea groups is 1. The van der Waals surface area contributed by atoms with Gasteiger partial charge in [-0.3, -0.25) is 10.1 Å². The van der Waals surface area contributed by atoms with Gasteiger partial charge < -0.3 is 15.2 Å². The highest BCUT2D eigenvalue weighted by molar-refractivity contribution is 5.95. The number of hydrogen-bond donors (Lipinski definition) is 3. The Labute approximate surface area is 111 Å². The number of carboxylic acid groups (broad SMARTS) is 1. The van der Waals surface area contributed by atoms with E-state index < -0.39 is 30.6 Å². The molecule has 0 saturated heterocycles. The summed E-state index contributed by atoms with van der Waals surface area (Å²) in [5.74, 6) is -1.80. The molecule has 0 bridgehead atoms. The Balaban J connectivity index is 2.20. The first-order valence-corrected chi connectivity index (χ1v) is 6.44. The molecule has 0 heterocycles. The molecular formula is C12H20N2O5. The second-order valence-corrected chi connectivity index (χ2v) is 4.65. The first kappa shape index (κ1) is 15.4. The van der Waals surface area contributed by atoms with Crippen LogP contribution in [0.5, 0.6) is 0 Å². The van der Waals surface area contributed by atoms with Crippen LogP contribution in [0.4, 0.5) is 4.79 Å². The highest BCUT2D eigenvalue weighted by Crippen LogP contribution is 2.16. The Morgan fingerprint density at radius 3 is 2.47 bits per heavy atom. The van der Waals surface area contributed by atoms with Gasteiger partial charge in [0.2, 0.25) is 0 Å².